The Bertz CT molecular complexity index is 210. The molecule has 70 valence electrons. The lowest BCUT2D eigenvalue weighted by Crippen LogP contribution is -1.82. The first-order valence-corrected chi connectivity index (χ1v) is 4.19. The minimum atomic E-state index is 0. The van der Waals surface area contributed by atoms with Gasteiger partial charge in [-0.1, -0.05) is 19.8 Å². The highest BCUT2D eigenvalue weighted by Crippen LogP contribution is 2.16. The molecule has 1 heterocycles. The molecule has 0 radical (unpaired) electrons. The molecule has 0 atom stereocenters. The first kappa shape index (κ1) is 11.4. The van der Waals surface area contributed by atoms with Crippen LogP contribution in [0.15, 0.2) is 12.3 Å². The van der Waals surface area contributed by atoms with Gasteiger partial charge < -0.3 is 10.1 Å². The number of rotatable bonds is 4. The quantitative estimate of drug-likeness (QED) is 0.703. The number of aromatic nitrogens is 1. The molecule has 0 aliphatic rings. The number of aryl methyl sites for hydroxylation is 1. The lowest BCUT2D eigenvalue weighted by Gasteiger charge is -1.96. The van der Waals surface area contributed by atoms with Crippen LogP contribution in [0.1, 0.15) is 31.7 Å². The molecule has 3 heteroatoms. The maximum absolute atomic E-state index is 9.19. The molecule has 0 unspecified atom stereocenters. The van der Waals surface area contributed by atoms with Gasteiger partial charge in [-0.2, -0.15) is 0 Å². The van der Waals surface area contributed by atoms with Crippen molar-refractivity contribution in [3.05, 3.63) is 17.8 Å². The van der Waals surface area contributed by atoms with Gasteiger partial charge in [0.05, 0.1) is 0 Å². The van der Waals surface area contributed by atoms with Crippen molar-refractivity contribution in [1.82, 2.24) is 4.98 Å². The van der Waals surface area contributed by atoms with E-state index < -0.39 is 0 Å². The van der Waals surface area contributed by atoms with Crippen LogP contribution < -0.4 is 0 Å². The lowest BCUT2D eigenvalue weighted by atomic mass is 10.1. The third-order valence-corrected chi connectivity index (χ3v) is 1.86. The van der Waals surface area contributed by atoms with E-state index in [0.717, 1.165) is 12.0 Å². The summed E-state index contributed by atoms with van der Waals surface area (Å²) < 4.78 is 0. The van der Waals surface area contributed by atoms with Crippen LogP contribution in [-0.4, -0.2) is 10.1 Å². The van der Waals surface area contributed by atoms with Gasteiger partial charge >= 0.3 is 0 Å². The summed E-state index contributed by atoms with van der Waals surface area (Å²) in [5.74, 6) is 0.334. The van der Waals surface area contributed by atoms with E-state index in [9.17, 15) is 5.11 Å². The molecule has 0 spiro atoms. The minimum absolute atomic E-state index is 0. The van der Waals surface area contributed by atoms with Crippen LogP contribution in [0.25, 0.3) is 0 Å². The second-order valence-corrected chi connectivity index (χ2v) is 2.81. The number of halogens is 1. The number of aromatic hydroxyl groups is 1. The topological polar surface area (TPSA) is 36.0 Å². The Kier molecular flexibility index (Phi) is 5.64. The van der Waals surface area contributed by atoms with Crippen molar-refractivity contribution in [3.63, 3.8) is 0 Å². The van der Waals surface area contributed by atoms with Gasteiger partial charge in [-0.25, -0.2) is 0 Å². The molecule has 12 heavy (non-hydrogen) atoms. The summed E-state index contributed by atoms with van der Waals surface area (Å²) >= 11 is 0. The Morgan fingerprint density at radius 2 is 2.17 bits per heavy atom. The molecule has 1 aromatic rings. The van der Waals surface area contributed by atoms with Gasteiger partial charge in [0.2, 0.25) is 0 Å². The van der Waals surface area contributed by atoms with Crippen LogP contribution in [0.4, 0.5) is 0 Å². The van der Waals surface area contributed by atoms with Crippen molar-refractivity contribution in [2.75, 3.05) is 0 Å². The van der Waals surface area contributed by atoms with Crippen molar-refractivity contribution >= 4 is 12.4 Å². The van der Waals surface area contributed by atoms with Gasteiger partial charge in [0.15, 0.2) is 5.88 Å². The molecule has 1 aromatic heterocycles. The predicted molar refractivity (Wildman–Crippen MR) is 52.9 cm³/mol. The fourth-order valence-electron chi connectivity index (χ4n) is 1.16. The second-order valence-electron chi connectivity index (χ2n) is 2.81. The van der Waals surface area contributed by atoms with Crippen LogP contribution in [0.3, 0.4) is 0 Å². The Hall–Kier alpha value is -0.630. The summed E-state index contributed by atoms with van der Waals surface area (Å²) in [6, 6.07) is 1.94. The smallest absolute Gasteiger partial charge is 0.191 e. The maximum atomic E-state index is 9.19. The number of H-pyrrole nitrogens is 1. The third-order valence-electron chi connectivity index (χ3n) is 1.86. The Balaban J connectivity index is 0.00000121. The van der Waals surface area contributed by atoms with Crippen LogP contribution >= 0.6 is 12.4 Å². The number of hydrogen-bond donors (Lipinski definition) is 2. The van der Waals surface area contributed by atoms with Crippen LogP contribution in [0.5, 0.6) is 5.88 Å². The van der Waals surface area contributed by atoms with E-state index >= 15 is 0 Å². The average Bonchev–Trinajstić information content (AvgIpc) is 2.37. The zero-order valence-corrected chi connectivity index (χ0v) is 8.16. The van der Waals surface area contributed by atoms with E-state index in [4.69, 9.17) is 0 Å². The zero-order valence-electron chi connectivity index (χ0n) is 7.34. The molecule has 0 aliphatic carbocycles. The Morgan fingerprint density at radius 3 is 2.67 bits per heavy atom. The highest BCUT2D eigenvalue weighted by atomic mass is 35.5. The monoisotopic (exact) mass is 189 g/mol. The highest BCUT2D eigenvalue weighted by Gasteiger charge is 1.99. The predicted octanol–water partition coefficient (Wildman–Crippen LogP) is 2.87. The van der Waals surface area contributed by atoms with Crippen LogP contribution in [0, 0.1) is 0 Å². The summed E-state index contributed by atoms with van der Waals surface area (Å²) in [6.45, 7) is 2.18. The van der Waals surface area contributed by atoms with Crippen molar-refractivity contribution in [2.24, 2.45) is 0 Å². The summed E-state index contributed by atoms with van der Waals surface area (Å²) in [5, 5.41) is 9.19. The first-order valence-electron chi connectivity index (χ1n) is 4.19. The molecular weight excluding hydrogens is 174 g/mol. The van der Waals surface area contributed by atoms with E-state index in [1.165, 1.54) is 19.3 Å². The third kappa shape index (κ3) is 3.18. The van der Waals surface area contributed by atoms with Crippen LogP contribution in [-0.2, 0) is 6.42 Å². The average molecular weight is 190 g/mol. The number of unbranched alkanes of at least 4 members (excludes halogenated alkanes) is 2. The number of hydrogen-bond acceptors (Lipinski definition) is 1. The van der Waals surface area contributed by atoms with E-state index in [0.29, 0.717) is 5.88 Å². The van der Waals surface area contributed by atoms with Gasteiger partial charge in [0.1, 0.15) is 0 Å². The van der Waals surface area contributed by atoms with Gasteiger partial charge in [0.25, 0.3) is 0 Å². The molecule has 2 nitrogen and oxygen atoms in total. The van der Waals surface area contributed by atoms with Gasteiger partial charge in [-0.3, -0.25) is 0 Å². The standard InChI is InChI=1S/C9H15NO.ClH/c1-2-3-4-5-8-6-7-10-9(8)11;/h6-7,10-11H,2-5H2,1H3;1H. The molecule has 0 aromatic carbocycles. The van der Waals surface area contributed by atoms with E-state index in [-0.39, 0.29) is 12.4 Å². The summed E-state index contributed by atoms with van der Waals surface area (Å²) in [4.78, 5) is 2.75. The lowest BCUT2D eigenvalue weighted by molar-refractivity contribution is 0.449. The Morgan fingerprint density at radius 1 is 1.42 bits per heavy atom. The van der Waals surface area contributed by atoms with Gasteiger partial charge in [-0.15, -0.1) is 12.4 Å². The summed E-state index contributed by atoms with van der Waals surface area (Å²) in [6.07, 6.45) is 6.40. The molecular formula is C9H16ClNO. The fourth-order valence-corrected chi connectivity index (χ4v) is 1.16. The van der Waals surface area contributed by atoms with E-state index in [2.05, 4.69) is 11.9 Å². The molecule has 0 saturated heterocycles. The second kappa shape index (κ2) is 5.95. The minimum Gasteiger partial charge on any atom is -0.494 e. The Labute approximate surface area is 79.4 Å². The van der Waals surface area contributed by atoms with E-state index in [1.807, 2.05) is 6.07 Å². The highest BCUT2D eigenvalue weighted by molar-refractivity contribution is 5.85. The normalized spacial score (nSPS) is 9.42. The fraction of sp³-hybridized carbons (Fsp3) is 0.556. The number of aromatic amines is 1. The van der Waals surface area contributed by atoms with Crippen molar-refractivity contribution < 1.29 is 5.11 Å². The molecule has 2 N–H and O–H groups in total. The van der Waals surface area contributed by atoms with Crippen molar-refractivity contribution in [2.45, 2.75) is 32.6 Å². The van der Waals surface area contributed by atoms with E-state index in [1.54, 1.807) is 6.20 Å². The molecule has 0 fully saturated rings. The molecule has 0 amide bonds. The van der Waals surface area contributed by atoms with Gasteiger partial charge in [-0.05, 0) is 18.9 Å². The summed E-state index contributed by atoms with van der Waals surface area (Å²) in [7, 11) is 0. The van der Waals surface area contributed by atoms with Gasteiger partial charge in [0, 0.05) is 11.8 Å². The molecule has 1 rings (SSSR count). The summed E-state index contributed by atoms with van der Waals surface area (Å²) in [5.41, 5.74) is 1.04. The van der Waals surface area contributed by atoms with Crippen molar-refractivity contribution in [1.29, 1.82) is 0 Å². The molecule has 0 bridgehead atoms. The largest absolute Gasteiger partial charge is 0.494 e. The van der Waals surface area contributed by atoms with Crippen LogP contribution in [0.2, 0.25) is 0 Å². The number of nitrogens with one attached hydrogen (secondary N) is 1. The maximum Gasteiger partial charge on any atom is 0.191 e. The first-order chi connectivity index (χ1) is 5.34. The zero-order chi connectivity index (χ0) is 8.10. The van der Waals surface area contributed by atoms with Crippen molar-refractivity contribution in [3.8, 4) is 5.88 Å². The molecule has 0 saturated carbocycles. The SMILES string of the molecule is CCCCCc1cc[nH]c1O.Cl. The molecule has 0 aliphatic heterocycles.